The molecule has 2 rings (SSSR count). The van der Waals surface area contributed by atoms with E-state index < -0.39 is 15.9 Å². The molecule has 0 unspecified atom stereocenters. The smallest absolute Gasteiger partial charge is 0.236 e. The van der Waals surface area contributed by atoms with E-state index in [0.29, 0.717) is 19.3 Å². The first-order valence-corrected chi connectivity index (χ1v) is 9.22. The normalized spacial score (nSPS) is 21.5. The molecule has 122 valence electrons. The molecule has 1 aliphatic rings. The van der Waals surface area contributed by atoms with Crippen molar-refractivity contribution in [2.24, 2.45) is 11.8 Å². The summed E-state index contributed by atoms with van der Waals surface area (Å²) in [6.07, 6.45) is 1.66. The zero-order valence-corrected chi connectivity index (χ0v) is 13.7. The molecule has 1 saturated carbocycles. The van der Waals surface area contributed by atoms with Crippen LogP contribution in [0, 0.1) is 17.7 Å². The molecule has 1 aliphatic carbocycles. The van der Waals surface area contributed by atoms with Crippen molar-refractivity contribution in [2.45, 2.75) is 39.0 Å². The average Bonchev–Trinajstić information content (AvgIpc) is 2.34. The summed E-state index contributed by atoms with van der Waals surface area (Å²) < 4.78 is 38.9. The summed E-state index contributed by atoms with van der Waals surface area (Å²) in [6.45, 7) is 3.87. The third kappa shape index (κ3) is 4.53. The second-order valence-corrected chi connectivity index (χ2v) is 8.23. The van der Waals surface area contributed by atoms with Crippen LogP contribution in [0.1, 0.15) is 44.6 Å². The Morgan fingerprint density at radius 3 is 2.64 bits per heavy atom. The first-order valence-electron chi connectivity index (χ1n) is 7.56. The molecule has 1 fully saturated rings. The predicted octanol–water partition coefficient (Wildman–Crippen LogP) is 2.81. The molecule has 0 bridgehead atoms. The van der Waals surface area contributed by atoms with E-state index in [1.54, 1.807) is 6.07 Å². The number of hydrogen-bond acceptors (Lipinski definition) is 3. The number of benzene rings is 1. The molecule has 0 heterocycles. The maximum atomic E-state index is 13.2. The Morgan fingerprint density at radius 2 is 2.05 bits per heavy atom. The molecule has 0 saturated heterocycles. The van der Waals surface area contributed by atoms with Crippen molar-refractivity contribution in [3.63, 3.8) is 0 Å². The van der Waals surface area contributed by atoms with Gasteiger partial charge in [0.15, 0.2) is 0 Å². The van der Waals surface area contributed by atoms with Crippen LogP contribution in [0.3, 0.4) is 0 Å². The van der Waals surface area contributed by atoms with Gasteiger partial charge in [-0.25, -0.2) is 12.8 Å². The summed E-state index contributed by atoms with van der Waals surface area (Å²) in [7, 11) is -3.55. The molecule has 1 amide bonds. The van der Waals surface area contributed by atoms with Crippen LogP contribution in [0.25, 0.3) is 0 Å². The molecule has 1 aromatic rings. The van der Waals surface area contributed by atoms with Gasteiger partial charge in [-0.1, -0.05) is 26.0 Å². The lowest BCUT2D eigenvalue weighted by Gasteiger charge is -2.34. The quantitative estimate of drug-likeness (QED) is 0.874. The SMILES string of the molecule is CC(C)CCS(=O)(=O)NC(=O)C1CC(c2cccc(F)c2)C1. The number of carbonyl (C=O) groups is 1. The third-order valence-corrected chi connectivity index (χ3v) is 5.33. The summed E-state index contributed by atoms with van der Waals surface area (Å²) in [5.41, 5.74) is 0.867. The first-order chi connectivity index (χ1) is 10.3. The molecular formula is C16H22FNO3S. The zero-order chi connectivity index (χ0) is 16.3. The fourth-order valence-corrected chi connectivity index (χ4v) is 3.90. The molecule has 1 N–H and O–H groups in total. The molecule has 0 aliphatic heterocycles. The monoisotopic (exact) mass is 327 g/mol. The summed E-state index contributed by atoms with van der Waals surface area (Å²) in [5, 5.41) is 0. The van der Waals surface area contributed by atoms with E-state index in [1.807, 2.05) is 19.9 Å². The highest BCUT2D eigenvalue weighted by Crippen LogP contribution is 2.41. The van der Waals surface area contributed by atoms with Crippen LogP contribution >= 0.6 is 0 Å². The number of carbonyl (C=O) groups excluding carboxylic acids is 1. The minimum absolute atomic E-state index is 0.0313. The molecular weight excluding hydrogens is 305 g/mol. The maximum absolute atomic E-state index is 13.2. The van der Waals surface area contributed by atoms with E-state index in [-0.39, 0.29) is 29.3 Å². The Bertz CT molecular complexity index is 637. The Kier molecular flexibility index (Phi) is 5.21. The van der Waals surface area contributed by atoms with Crippen molar-refractivity contribution in [3.05, 3.63) is 35.6 Å². The van der Waals surface area contributed by atoms with E-state index in [1.165, 1.54) is 12.1 Å². The molecule has 1 aromatic carbocycles. The first kappa shape index (κ1) is 16.9. The second kappa shape index (κ2) is 6.77. The van der Waals surface area contributed by atoms with Gasteiger partial charge in [-0.15, -0.1) is 0 Å². The minimum Gasteiger partial charge on any atom is -0.274 e. The molecule has 0 atom stereocenters. The van der Waals surface area contributed by atoms with E-state index in [0.717, 1.165) is 5.56 Å². The van der Waals surface area contributed by atoms with Crippen molar-refractivity contribution in [2.75, 3.05) is 5.75 Å². The van der Waals surface area contributed by atoms with Crippen molar-refractivity contribution in [1.82, 2.24) is 4.72 Å². The van der Waals surface area contributed by atoms with Crippen molar-refractivity contribution < 1.29 is 17.6 Å². The maximum Gasteiger partial charge on any atom is 0.236 e. The highest BCUT2D eigenvalue weighted by molar-refractivity contribution is 7.90. The van der Waals surface area contributed by atoms with Crippen LogP contribution in [0.15, 0.2) is 24.3 Å². The Labute approximate surface area is 131 Å². The predicted molar refractivity (Wildman–Crippen MR) is 83.2 cm³/mol. The lowest BCUT2D eigenvalue weighted by Crippen LogP contribution is -2.41. The number of hydrogen-bond donors (Lipinski definition) is 1. The largest absolute Gasteiger partial charge is 0.274 e. The number of sulfonamides is 1. The summed E-state index contributed by atoms with van der Waals surface area (Å²) in [4.78, 5) is 12.0. The standard InChI is InChI=1S/C16H22FNO3S/c1-11(2)6-7-22(20,21)18-16(19)14-8-13(9-14)12-4-3-5-15(17)10-12/h3-5,10-11,13-14H,6-9H2,1-2H3,(H,18,19). The molecule has 22 heavy (non-hydrogen) atoms. The van der Waals surface area contributed by atoms with E-state index in [9.17, 15) is 17.6 Å². The van der Waals surface area contributed by atoms with Gasteiger partial charge >= 0.3 is 0 Å². The summed E-state index contributed by atoms with van der Waals surface area (Å²) in [6, 6.07) is 6.33. The Morgan fingerprint density at radius 1 is 1.36 bits per heavy atom. The highest BCUT2D eigenvalue weighted by Gasteiger charge is 2.36. The van der Waals surface area contributed by atoms with Gasteiger partial charge in [0.25, 0.3) is 0 Å². The van der Waals surface area contributed by atoms with E-state index >= 15 is 0 Å². The Balaban J connectivity index is 1.84. The average molecular weight is 327 g/mol. The van der Waals surface area contributed by atoms with E-state index in [2.05, 4.69) is 4.72 Å². The fourth-order valence-electron chi connectivity index (χ4n) is 2.54. The lowest BCUT2D eigenvalue weighted by molar-refractivity contribution is -0.126. The summed E-state index contributed by atoms with van der Waals surface area (Å²) in [5.74, 6) is -0.658. The van der Waals surface area contributed by atoms with Crippen LogP contribution in [0.2, 0.25) is 0 Å². The number of rotatable bonds is 6. The molecule has 0 radical (unpaired) electrons. The molecule has 0 spiro atoms. The molecule has 6 heteroatoms. The van der Waals surface area contributed by atoms with Gasteiger partial charge in [0, 0.05) is 5.92 Å². The second-order valence-electron chi connectivity index (χ2n) is 6.39. The van der Waals surface area contributed by atoms with Crippen LogP contribution in [-0.4, -0.2) is 20.1 Å². The Hall–Kier alpha value is -1.43. The van der Waals surface area contributed by atoms with Gasteiger partial charge < -0.3 is 0 Å². The van der Waals surface area contributed by atoms with Gasteiger partial charge in [-0.3, -0.25) is 9.52 Å². The lowest BCUT2D eigenvalue weighted by atomic mass is 9.71. The van der Waals surface area contributed by atoms with Gasteiger partial charge in [-0.2, -0.15) is 0 Å². The van der Waals surface area contributed by atoms with Gasteiger partial charge in [0.1, 0.15) is 5.82 Å². The zero-order valence-electron chi connectivity index (χ0n) is 12.9. The number of amides is 1. The molecule has 4 nitrogen and oxygen atoms in total. The topological polar surface area (TPSA) is 63.2 Å². The molecule has 0 aromatic heterocycles. The fraction of sp³-hybridized carbons (Fsp3) is 0.562. The van der Waals surface area contributed by atoms with Crippen LogP contribution in [-0.2, 0) is 14.8 Å². The third-order valence-electron chi connectivity index (χ3n) is 4.05. The number of halogens is 1. The highest BCUT2D eigenvalue weighted by atomic mass is 32.2. The van der Waals surface area contributed by atoms with Crippen molar-refractivity contribution in [1.29, 1.82) is 0 Å². The van der Waals surface area contributed by atoms with Crippen molar-refractivity contribution >= 4 is 15.9 Å². The van der Waals surface area contributed by atoms with Gasteiger partial charge in [0.05, 0.1) is 5.75 Å². The van der Waals surface area contributed by atoms with Gasteiger partial charge in [-0.05, 0) is 48.8 Å². The van der Waals surface area contributed by atoms with E-state index in [4.69, 9.17) is 0 Å². The summed E-state index contributed by atoms with van der Waals surface area (Å²) >= 11 is 0. The van der Waals surface area contributed by atoms with Crippen molar-refractivity contribution in [3.8, 4) is 0 Å². The van der Waals surface area contributed by atoms with Crippen LogP contribution in [0.4, 0.5) is 4.39 Å². The van der Waals surface area contributed by atoms with Crippen LogP contribution < -0.4 is 4.72 Å². The number of nitrogens with one attached hydrogen (secondary N) is 1. The minimum atomic E-state index is -3.55. The van der Waals surface area contributed by atoms with Gasteiger partial charge in [0.2, 0.25) is 15.9 Å². The van der Waals surface area contributed by atoms with Crippen LogP contribution in [0.5, 0.6) is 0 Å².